The molecule has 24 heavy (non-hydrogen) atoms. The molecule has 124 valence electrons. The number of anilines is 1. The lowest BCUT2D eigenvalue weighted by Gasteiger charge is -2.25. The maximum Gasteiger partial charge on any atom is 0.239 e. The van der Waals surface area contributed by atoms with Gasteiger partial charge in [0.1, 0.15) is 0 Å². The van der Waals surface area contributed by atoms with Crippen molar-refractivity contribution in [1.82, 2.24) is 0 Å². The largest absolute Gasteiger partial charge is 0.310 e. The molecule has 0 heterocycles. The fourth-order valence-electron chi connectivity index (χ4n) is 2.41. The number of rotatable bonds is 7. The van der Waals surface area contributed by atoms with Crippen molar-refractivity contribution in [3.63, 3.8) is 0 Å². The van der Waals surface area contributed by atoms with E-state index in [1.807, 2.05) is 49.4 Å². The Labute approximate surface area is 148 Å². The minimum atomic E-state index is -0.163. The van der Waals surface area contributed by atoms with E-state index in [2.05, 4.69) is 25.1 Å². The summed E-state index contributed by atoms with van der Waals surface area (Å²) in [5.74, 6) is 0.857. The molecule has 0 fully saturated rings. The molecule has 4 heteroatoms. The van der Waals surface area contributed by atoms with E-state index in [9.17, 15) is 4.79 Å². The summed E-state index contributed by atoms with van der Waals surface area (Å²) in [6.45, 7) is 4.45. The maximum absolute atomic E-state index is 12.9. The molecule has 2 rings (SSSR count). The van der Waals surface area contributed by atoms with Gasteiger partial charge in [-0.15, -0.1) is 11.8 Å². The number of thioether (sulfide) groups is 1. The Kier molecular flexibility index (Phi) is 6.89. The van der Waals surface area contributed by atoms with E-state index >= 15 is 0 Å². The SMILES string of the molecule is Cc1ccccc1CSC(C)C(=O)N(CCC#N)c1ccccc1. The molecule has 0 N–H and O–H groups in total. The van der Waals surface area contributed by atoms with Crippen LogP contribution in [0.4, 0.5) is 5.69 Å². The molecule has 3 nitrogen and oxygen atoms in total. The zero-order chi connectivity index (χ0) is 17.4. The molecule has 1 atom stereocenters. The molecular weight excluding hydrogens is 316 g/mol. The zero-order valence-corrected chi connectivity index (χ0v) is 14.9. The Hall–Kier alpha value is -2.25. The van der Waals surface area contributed by atoms with Crippen molar-refractivity contribution in [2.45, 2.75) is 31.3 Å². The number of carbonyl (C=O) groups excluding carboxylic acids is 1. The van der Waals surface area contributed by atoms with E-state index in [-0.39, 0.29) is 11.2 Å². The van der Waals surface area contributed by atoms with Crippen LogP contribution in [-0.2, 0) is 10.5 Å². The van der Waals surface area contributed by atoms with Gasteiger partial charge in [-0.3, -0.25) is 4.79 Å². The number of aryl methyl sites for hydroxylation is 1. The standard InChI is InChI=1S/C20H22N2OS/c1-16-9-6-7-10-18(16)15-24-17(2)20(23)22(14-8-13-21)19-11-4-3-5-12-19/h3-7,9-12,17H,8,14-15H2,1-2H3. The summed E-state index contributed by atoms with van der Waals surface area (Å²) in [7, 11) is 0. The Balaban J connectivity index is 2.05. The first-order chi connectivity index (χ1) is 11.6. The van der Waals surface area contributed by atoms with Crippen LogP contribution in [0.1, 0.15) is 24.5 Å². The van der Waals surface area contributed by atoms with Crippen LogP contribution in [0.2, 0.25) is 0 Å². The number of amides is 1. The minimum absolute atomic E-state index is 0.0510. The second kappa shape index (κ2) is 9.14. The lowest BCUT2D eigenvalue weighted by Crippen LogP contribution is -2.37. The zero-order valence-electron chi connectivity index (χ0n) is 14.1. The lowest BCUT2D eigenvalue weighted by molar-refractivity contribution is -0.117. The van der Waals surface area contributed by atoms with Crippen molar-refractivity contribution >= 4 is 23.4 Å². The molecule has 1 unspecified atom stereocenters. The molecule has 0 aliphatic heterocycles. The van der Waals surface area contributed by atoms with Crippen molar-refractivity contribution in [2.75, 3.05) is 11.4 Å². The highest BCUT2D eigenvalue weighted by atomic mass is 32.2. The van der Waals surface area contributed by atoms with E-state index < -0.39 is 0 Å². The molecule has 0 spiro atoms. The summed E-state index contributed by atoms with van der Waals surface area (Å²) in [4.78, 5) is 14.6. The summed E-state index contributed by atoms with van der Waals surface area (Å²) >= 11 is 1.63. The molecule has 0 saturated heterocycles. The highest BCUT2D eigenvalue weighted by Gasteiger charge is 2.22. The summed E-state index contributed by atoms with van der Waals surface area (Å²) in [6.07, 6.45) is 0.329. The Morgan fingerprint density at radius 1 is 1.17 bits per heavy atom. The van der Waals surface area contributed by atoms with Gasteiger partial charge >= 0.3 is 0 Å². The van der Waals surface area contributed by atoms with Crippen LogP contribution in [0.15, 0.2) is 54.6 Å². The molecule has 0 aliphatic rings. The van der Waals surface area contributed by atoms with Gasteiger partial charge in [-0.2, -0.15) is 5.26 Å². The molecule has 2 aromatic rings. The van der Waals surface area contributed by atoms with Crippen LogP contribution in [0.5, 0.6) is 0 Å². The molecular formula is C20H22N2OS. The van der Waals surface area contributed by atoms with Gasteiger partial charge in [0.05, 0.1) is 17.7 Å². The fraction of sp³-hybridized carbons (Fsp3) is 0.300. The first-order valence-corrected chi connectivity index (χ1v) is 9.08. The van der Waals surface area contributed by atoms with Crippen molar-refractivity contribution in [1.29, 1.82) is 5.26 Å². The van der Waals surface area contributed by atoms with E-state index in [0.29, 0.717) is 13.0 Å². The Bertz CT molecular complexity index is 709. The summed E-state index contributed by atoms with van der Waals surface area (Å²) < 4.78 is 0. The third kappa shape index (κ3) is 4.87. The normalized spacial score (nSPS) is 11.5. The molecule has 0 radical (unpaired) electrons. The van der Waals surface area contributed by atoms with Crippen molar-refractivity contribution in [3.8, 4) is 6.07 Å². The highest BCUT2D eigenvalue weighted by Crippen LogP contribution is 2.24. The predicted octanol–water partition coefficient (Wildman–Crippen LogP) is 4.56. The molecule has 0 aromatic heterocycles. The molecule has 0 aliphatic carbocycles. The average molecular weight is 338 g/mol. The van der Waals surface area contributed by atoms with Gasteiger partial charge in [-0.1, -0.05) is 42.5 Å². The van der Waals surface area contributed by atoms with Gasteiger partial charge in [0.2, 0.25) is 5.91 Å². The smallest absolute Gasteiger partial charge is 0.239 e. The monoisotopic (exact) mass is 338 g/mol. The number of hydrogen-bond donors (Lipinski definition) is 0. The van der Waals surface area contributed by atoms with Crippen molar-refractivity contribution in [2.24, 2.45) is 0 Å². The number of hydrogen-bond acceptors (Lipinski definition) is 3. The van der Waals surface area contributed by atoms with Gasteiger partial charge in [-0.05, 0) is 37.1 Å². The Morgan fingerprint density at radius 3 is 2.50 bits per heavy atom. The first-order valence-electron chi connectivity index (χ1n) is 8.03. The van der Waals surface area contributed by atoms with Gasteiger partial charge in [0.15, 0.2) is 0 Å². The van der Waals surface area contributed by atoms with E-state index in [4.69, 9.17) is 5.26 Å². The van der Waals surface area contributed by atoms with E-state index in [0.717, 1.165) is 11.4 Å². The molecule has 1 amide bonds. The number of nitriles is 1. The first kappa shape index (κ1) is 18.1. The number of benzene rings is 2. The topological polar surface area (TPSA) is 44.1 Å². The van der Waals surface area contributed by atoms with Crippen LogP contribution in [-0.4, -0.2) is 17.7 Å². The minimum Gasteiger partial charge on any atom is -0.310 e. The second-order valence-corrected chi connectivity index (χ2v) is 6.94. The lowest BCUT2D eigenvalue weighted by atomic mass is 10.1. The van der Waals surface area contributed by atoms with Gasteiger partial charge in [0, 0.05) is 18.0 Å². The quantitative estimate of drug-likeness (QED) is 0.743. The molecule has 2 aromatic carbocycles. The third-order valence-corrected chi connectivity index (χ3v) is 5.06. The Morgan fingerprint density at radius 2 is 1.83 bits per heavy atom. The van der Waals surface area contributed by atoms with Gasteiger partial charge in [0.25, 0.3) is 0 Å². The van der Waals surface area contributed by atoms with E-state index in [1.54, 1.807) is 16.7 Å². The predicted molar refractivity (Wildman–Crippen MR) is 101 cm³/mol. The van der Waals surface area contributed by atoms with Gasteiger partial charge < -0.3 is 4.90 Å². The van der Waals surface area contributed by atoms with Crippen LogP contribution in [0.3, 0.4) is 0 Å². The van der Waals surface area contributed by atoms with Crippen LogP contribution in [0.25, 0.3) is 0 Å². The van der Waals surface area contributed by atoms with Crippen molar-refractivity contribution in [3.05, 3.63) is 65.7 Å². The summed E-state index contributed by atoms with van der Waals surface area (Å²) in [5, 5.41) is 8.71. The molecule has 0 saturated carbocycles. The third-order valence-electron chi connectivity index (χ3n) is 3.88. The maximum atomic E-state index is 12.9. The number of nitrogens with zero attached hydrogens (tertiary/aromatic N) is 2. The summed E-state index contributed by atoms with van der Waals surface area (Å²) in [5.41, 5.74) is 3.35. The summed E-state index contributed by atoms with van der Waals surface area (Å²) in [6, 6.07) is 19.9. The van der Waals surface area contributed by atoms with Crippen LogP contribution in [0, 0.1) is 18.3 Å². The molecule has 0 bridgehead atoms. The van der Waals surface area contributed by atoms with E-state index in [1.165, 1.54) is 11.1 Å². The van der Waals surface area contributed by atoms with Crippen LogP contribution >= 0.6 is 11.8 Å². The fourth-order valence-corrected chi connectivity index (χ4v) is 3.44. The highest BCUT2D eigenvalue weighted by molar-refractivity contribution is 7.99. The van der Waals surface area contributed by atoms with Crippen LogP contribution < -0.4 is 4.90 Å². The average Bonchev–Trinajstić information content (AvgIpc) is 2.62. The number of carbonyl (C=O) groups is 1. The van der Waals surface area contributed by atoms with Gasteiger partial charge in [-0.25, -0.2) is 0 Å². The van der Waals surface area contributed by atoms with Crippen molar-refractivity contribution < 1.29 is 4.79 Å². The number of para-hydroxylation sites is 1. The second-order valence-electron chi connectivity index (χ2n) is 5.61.